The number of hydrogen-bond donors (Lipinski definition) is 4. The van der Waals surface area contributed by atoms with Gasteiger partial charge in [0.05, 0.1) is 0 Å². The molecule has 0 amide bonds. The molecule has 0 unspecified atom stereocenters. The van der Waals surface area contributed by atoms with E-state index in [2.05, 4.69) is 0 Å². The molecule has 34 heavy (non-hydrogen) atoms. The van der Waals surface area contributed by atoms with E-state index in [0.717, 1.165) is 0 Å². The van der Waals surface area contributed by atoms with E-state index in [1.54, 1.807) is 0 Å². The summed E-state index contributed by atoms with van der Waals surface area (Å²) in [6.07, 6.45) is 0. The van der Waals surface area contributed by atoms with Crippen molar-refractivity contribution in [2.75, 3.05) is 0 Å². The molecule has 0 aliphatic carbocycles. The number of hydrogen-bond acceptors (Lipinski definition) is 8. The topological polar surface area (TPSA) is 217 Å². The Morgan fingerprint density at radius 2 is 0.618 bits per heavy atom. The standard InChI is InChI=1S/C12H8I2O12S4.4Na.4H/c13-5-1-7(27(15,16)17)11(8(2-5)28(18,19)20)12-9(29(21,22)23)3-6(14)4-10(12)30(24,25)26;;;;;;;;/h1-4H,(H,15,16,17)(H,18,19,20)(H,21,22,23)(H,24,25,26);;;;;;;;/q;4*+1;4*-1. The molecule has 22 heteroatoms. The first-order chi connectivity index (χ1) is 13.2. The van der Waals surface area contributed by atoms with Crippen LogP contribution in [0.2, 0.25) is 0 Å². The third-order valence-corrected chi connectivity index (χ3v) is 8.18. The van der Waals surface area contributed by atoms with Gasteiger partial charge in [0, 0.05) is 18.3 Å². The molecule has 0 heterocycles. The van der Waals surface area contributed by atoms with Crippen molar-refractivity contribution in [2.24, 2.45) is 0 Å². The smallest absolute Gasteiger partial charge is 1.00 e. The van der Waals surface area contributed by atoms with Crippen molar-refractivity contribution in [3.63, 3.8) is 0 Å². The minimum absolute atomic E-state index is 0. The second-order valence-corrected chi connectivity index (χ2v) is 13.5. The van der Waals surface area contributed by atoms with E-state index in [1.165, 1.54) is 45.2 Å². The van der Waals surface area contributed by atoms with Crippen LogP contribution in [-0.4, -0.2) is 51.9 Å². The van der Waals surface area contributed by atoms with Gasteiger partial charge in [-0.25, -0.2) is 0 Å². The van der Waals surface area contributed by atoms with Crippen molar-refractivity contribution < 1.29 is 176 Å². The van der Waals surface area contributed by atoms with Crippen molar-refractivity contribution in [1.29, 1.82) is 0 Å². The first-order valence-corrected chi connectivity index (χ1v) is 14.7. The van der Waals surface area contributed by atoms with Crippen molar-refractivity contribution in [3.05, 3.63) is 31.4 Å². The van der Waals surface area contributed by atoms with E-state index in [-0.39, 0.29) is 131 Å². The summed E-state index contributed by atoms with van der Waals surface area (Å²) in [4.78, 5) is -5.23. The summed E-state index contributed by atoms with van der Waals surface area (Å²) in [5, 5.41) is 0. The third-order valence-electron chi connectivity index (χ3n) is 3.42. The summed E-state index contributed by atoms with van der Waals surface area (Å²) in [6.45, 7) is 0. The van der Waals surface area contributed by atoms with Crippen molar-refractivity contribution in [3.8, 4) is 11.1 Å². The minimum Gasteiger partial charge on any atom is -1.00 e. The molecule has 0 spiro atoms. The van der Waals surface area contributed by atoms with Crippen molar-refractivity contribution in [2.45, 2.75) is 19.6 Å². The molecule has 2 rings (SSSR count). The Morgan fingerprint density at radius 3 is 0.735 bits per heavy atom. The SMILES string of the molecule is O=S(=O)(O)c1cc(I)cc(S(=O)(=O)O)c1-c1c(S(=O)(=O)O)cc(I)cc1S(=O)(=O)O.[H-].[H-].[H-].[H-].[Na+].[Na+].[Na+].[Na+]. The van der Waals surface area contributed by atoms with Gasteiger partial charge >= 0.3 is 118 Å². The molecule has 0 bridgehead atoms. The second kappa shape index (κ2) is 15.0. The Balaban J connectivity index is -0.000000240. The predicted molar refractivity (Wildman–Crippen MR) is 121 cm³/mol. The van der Waals surface area contributed by atoms with Crippen LogP contribution in [0.5, 0.6) is 0 Å². The summed E-state index contributed by atoms with van der Waals surface area (Å²) >= 11 is 2.83. The molecule has 2 aromatic rings. The van der Waals surface area contributed by atoms with Gasteiger partial charge in [-0.2, -0.15) is 33.7 Å². The molecule has 0 aromatic heterocycles. The van der Waals surface area contributed by atoms with E-state index < -0.39 is 71.2 Å². The first-order valence-electron chi connectivity index (χ1n) is 6.82. The van der Waals surface area contributed by atoms with E-state index in [9.17, 15) is 51.9 Å². The molecule has 4 N–H and O–H groups in total. The molecule has 0 atom stereocenters. The summed E-state index contributed by atoms with van der Waals surface area (Å²) < 4.78 is 133. The molecule has 0 fully saturated rings. The van der Waals surface area contributed by atoms with Crippen LogP contribution in [0.25, 0.3) is 11.1 Å². The van der Waals surface area contributed by atoms with Crippen LogP contribution in [-0.2, 0) is 40.5 Å². The average Bonchev–Trinajstić information content (AvgIpc) is 2.50. The molecule has 12 nitrogen and oxygen atoms in total. The molecule has 174 valence electrons. The van der Waals surface area contributed by atoms with Crippen LogP contribution in [0.3, 0.4) is 0 Å². The molecule has 0 saturated heterocycles. The third kappa shape index (κ3) is 10.5. The van der Waals surface area contributed by atoms with E-state index in [1.807, 2.05) is 0 Å². The average molecular weight is 822 g/mol. The predicted octanol–water partition coefficient (Wildman–Crippen LogP) is -9.98. The number of halogens is 2. The van der Waals surface area contributed by atoms with Gasteiger partial charge < -0.3 is 5.71 Å². The normalized spacial score (nSPS) is 11.8. The fraction of sp³-hybridized carbons (Fsp3) is 0. The Hall–Kier alpha value is 3.54. The summed E-state index contributed by atoms with van der Waals surface area (Å²) in [6, 6.07) is 2.61. The molecule has 0 radical (unpaired) electrons. The van der Waals surface area contributed by atoms with Gasteiger partial charge in [0.25, 0.3) is 40.5 Å². The summed E-state index contributed by atoms with van der Waals surface area (Å²) in [5.74, 6) is 0. The van der Waals surface area contributed by atoms with Gasteiger partial charge in [-0.15, -0.1) is 0 Å². The van der Waals surface area contributed by atoms with Crippen molar-refractivity contribution >= 4 is 85.7 Å². The van der Waals surface area contributed by atoms with E-state index in [0.29, 0.717) is 24.3 Å². The fourth-order valence-corrected chi connectivity index (χ4v) is 7.63. The van der Waals surface area contributed by atoms with Crippen LogP contribution in [0.1, 0.15) is 5.71 Å². The Morgan fingerprint density at radius 1 is 0.471 bits per heavy atom. The summed E-state index contributed by atoms with van der Waals surface area (Å²) in [7, 11) is -21.4. The van der Waals surface area contributed by atoms with Crippen LogP contribution in [0, 0.1) is 7.14 Å². The van der Waals surface area contributed by atoms with Gasteiger partial charge in [-0.3, -0.25) is 18.2 Å². The van der Waals surface area contributed by atoms with Gasteiger partial charge in [0.15, 0.2) is 0 Å². The maximum absolute atomic E-state index is 11.9. The summed E-state index contributed by atoms with van der Waals surface area (Å²) in [5.41, 5.74) is -2.59. The zero-order valence-electron chi connectivity index (χ0n) is 21.8. The zero-order chi connectivity index (χ0) is 23.4. The maximum atomic E-state index is 11.9. The monoisotopic (exact) mass is 822 g/mol. The van der Waals surface area contributed by atoms with Crippen LogP contribution in [0.15, 0.2) is 43.8 Å². The Kier molecular flexibility index (Phi) is 18.5. The molecule has 2 aromatic carbocycles. The maximum Gasteiger partial charge on any atom is 1.00 e. The number of rotatable bonds is 5. The van der Waals surface area contributed by atoms with Crippen LogP contribution in [0.4, 0.5) is 0 Å². The van der Waals surface area contributed by atoms with Gasteiger partial charge in [0.1, 0.15) is 19.6 Å². The Labute approximate surface area is 317 Å². The van der Waals surface area contributed by atoms with Crippen molar-refractivity contribution in [1.82, 2.24) is 0 Å². The Bertz CT molecular complexity index is 1300. The molecule has 0 aliphatic rings. The van der Waals surface area contributed by atoms with Gasteiger partial charge in [-0.1, -0.05) is 0 Å². The number of benzene rings is 2. The minimum atomic E-state index is -5.36. The van der Waals surface area contributed by atoms with E-state index >= 15 is 0 Å². The van der Waals surface area contributed by atoms with Gasteiger partial charge in [-0.05, 0) is 69.4 Å². The second-order valence-electron chi connectivity index (χ2n) is 5.45. The molecular weight excluding hydrogens is 810 g/mol. The zero-order valence-corrected chi connectivity index (χ0v) is 33.3. The first kappa shape index (κ1) is 42.0. The van der Waals surface area contributed by atoms with Crippen LogP contribution >= 0.6 is 45.2 Å². The van der Waals surface area contributed by atoms with Gasteiger partial charge in [0.2, 0.25) is 0 Å². The molecular formula is C12H12I2Na4O12S4. The fourth-order valence-electron chi connectivity index (χ4n) is 2.42. The van der Waals surface area contributed by atoms with E-state index in [4.69, 9.17) is 0 Å². The van der Waals surface area contributed by atoms with Crippen LogP contribution < -0.4 is 118 Å². The largest absolute Gasteiger partial charge is 1.00 e. The quantitative estimate of drug-likeness (QED) is 0.126. The molecule has 0 saturated carbocycles. The molecule has 0 aliphatic heterocycles.